The summed E-state index contributed by atoms with van der Waals surface area (Å²) in [6.07, 6.45) is 1.67. The Morgan fingerprint density at radius 1 is 0.914 bits per heavy atom. The maximum atomic E-state index is 13.5. The lowest BCUT2D eigenvalue weighted by Crippen LogP contribution is -2.48. The van der Waals surface area contributed by atoms with Crippen molar-refractivity contribution in [2.24, 2.45) is 11.8 Å². The van der Waals surface area contributed by atoms with Crippen LogP contribution >= 0.6 is 0 Å². The van der Waals surface area contributed by atoms with Gasteiger partial charge in [0.2, 0.25) is 5.91 Å². The average molecular weight is 477 g/mol. The molecule has 35 heavy (non-hydrogen) atoms. The summed E-state index contributed by atoms with van der Waals surface area (Å²) in [5, 5.41) is 3.04. The lowest BCUT2D eigenvalue weighted by molar-refractivity contribution is -0.127. The second-order valence-corrected chi connectivity index (χ2v) is 9.01. The largest absolute Gasteiger partial charge is 0.493 e. The Kier molecular flexibility index (Phi) is 9.12. The average Bonchev–Trinajstić information content (AvgIpc) is 2.90. The van der Waals surface area contributed by atoms with Gasteiger partial charge in [-0.1, -0.05) is 54.6 Å². The number of hydrogen-bond acceptors (Lipinski definition) is 4. The van der Waals surface area contributed by atoms with Crippen molar-refractivity contribution >= 4 is 5.91 Å². The van der Waals surface area contributed by atoms with Gasteiger partial charge in [0.25, 0.3) is 0 Å². The summed E-state index contributed by atoms with van der Waals surface area (Å²) in [4.78, 5) is 15.4. The Bertz CT molecular complexity index is 1050. The molecule has 1 fully saturated rings. The molecule has 1 aliphatic heterocycles. The number of hydrogen-bond donors (Lipinski definition) is 1. The quantitative estimate of drug-likeness (QED) is 0.412. The summed E-state index contributed by atoms with van der Waals surface area (Å²) >= 11 is 0. The number of benzene rings is 3. The molecule has 0 bridgehead atoms. The number of carbonyl (C=O) groups excluding carboxylic acids is 1. The fourth-order valence-corrected chi connectivity index (χ4v) is 4.50. The molecule has 0 radical (unpaired) electrons. The minimum Gasteiger partial charge on any atom is -0.493 e. The Hall–Kier alpha value is -3.38. The van der Waals surface area contributed by atoms with Crippen LogP contribution in [0.15, 0.2) is 84.9 Å². The lowest BCUT2D eigenvalue weighted by Gasteiger charge is -2.37. The molecule has 1 heterocycles. The van der Waals surface area contributed by atoms with Gasteiger partial charge >= 0.3 is 0 Å². The Labute approximate surface area is 206 Å². The van der Waals surface area contributed by atoms with E-state index in [-0.39, 0.29) is 23.6 Å². The highest BCUT2D eigenvalue weighted by atomic mass is 19.1. The van der Waals surface area contributed by atoms with Gasteiger partial charge in [0.1, 0.15) is 23.9 Å². The SMILES string of the molecule is O=C(NCCOc1ccccc1)[C@@H]1C[C@H](COc2cccc(F)c2)CN(CCc2ccccc2)C1. The summed E-state index contributed by atoms with van der Waals surface area (Å²) in [5.41, 5.74) is 1.28. The van der Waals surface area contributed by atoms with Crippen LogP contribution in [-0.2, 0) is 11.2 Å². The first-order valence-corrected chi connectivity index (χ1v) is 12.3. The molecule has 0 aromatic heterocycles. The normalized spacial score (nSPS) is 18.1. The molecule has 5 nitrogen and oxygen atoms in total. The van der Waals surface area contributed by atoms with E-state index in [1.54, 1.807) is 12.1 Å². The number of rotatable bonds is 11. The number of halogens is 1. The van der Waals surface area contributed by atoms with Gasteiger partial charge in [-0.15, -0.1) is 0 Å². The minimum absolute atomic E-state index is 0.0434. The topological polar surface area (TPSA) is 50.8 Å². The zero-order valence-corrected chi connectivity index (χ0v) is 19.9. The maximum absolute atomic E-state index is 13.5. The molecular weight excluding hydrogens is 443 g/mol. The van der Waals surface area contributed by atoms with Crippen LogP contribution in [-0.4, -0.2) is 50.2 Å². The number of para-hydroxylation sites is 1. The Balaban J connectivity index is 1.31. The molecule has 1 N–H and O–H groups in total. The summed E-state index contributed by atoms with van der Waals surface area (Å²) in [6, 6.07) is 26.2. The standard InChI is InChI=1S/C29H33FN2O3/c30-26-10-7-13-28(19-26)35-22-24-18-25(21-32(20-24)16-14-23-8-3-1-4-9-23)29(33)31-15-17-34-27-11-5-2-6-12-27/h1-13,19,24-25H,14-18,20-22H2,(H,31,33)/t24-,25+/m0/s1. The van der Waals surface area contributed by atoms with Crippen molar-refractivity contribution in [3.63, 3.8) is 0 Å². The highest BCUT2D eigenvalue weighted by molar-refractivity contribution is 5.79. The zero-order chi connectivity index (χ0) is 24.3. The monoisotopic (exact) mass is 476 g/mol. The number of amides is 1. The van der Waals surface area contributed by atoms with Crippen LogP contribution in [0.5, 0.6) is 11.5 Å². The molecule has 184 valence electrons. The molecule has 0 unspecified atom stereocenters. The molecule has 0 saturated carbocycles. The van der Waals surface area contributed by atoms with E-state index >= 15 is 0 Å². The first-order chi connectivity index (χ1) is 17.2. The van der Waals surface area contributed by atoms with E-state index in [9.17, 15) is 9.18 Å². The number of nitrogens with zero attached hydrogens (tertiary/aromatic N) is 1. The smallest absolute Gasteiger partial charge is 0.224 e. The van der Waals surface area contributed by atoms with E-state index < -0.39 is 0 Å². The molecule has 1 aliphatic rings. The maximum Gasteiger partial charge on any atom is 0.224 e. The van der Waals surface area contributed by atoms with E-state index in [4.69, 9.17) is 9.47 Å². The van der Waals surface area contributed by atoms with Gasteiger partial charge in [-0.05, 0) is 42.7 Å². The zero-order valence-electron chi connectivity index (χ0n) is 19.9. The van der Waals surface area contributed by atoms with Gasteiger partial charge in [0.15, 0.2) is 0 Å². The predicted molar refractivity (Wildman–Crippen MR) is 135 cm³/mol. The first kappa shape index (κ1) is 24.7. The van der Waals surface area contributed by atoms with Gasteiger partial charge in [-0.3, -0.25) is 4.79 Å². The lowest BCUT2D eigenvalue weighted by atomic mass is 9.88. The Morgan fingerprint density at radius 2 is 1.66 bits per heavy atom. The van der Waals surface area contributed by atoms with Crippen LogP contribution in [0.2, 0.25) is 0 Å². The van der Waals surface area contributed by atoms with Crippen molar-refractivity contribution < 1.29 is 18.7 Å². The highest BCUT2D eigenvalue weighted by Crippen LogP contribution is 2.24. The third-order valence-corrected chi connectivity index (χ3v) is 6.24. The molecule has 3 aromatic rings. The molecule has 3 aromatic carbocycles. The molecule has 1 saturated heterocycles. The van der Waals surface area contributed by atoms with Gasteiger partial charge in [-0.25, -0.2) is 4.39 Å². The predicted octanol–water partition coefficient (Wildman–Crippen LogP) is 4.58. The van der Waals surface area contributed by atoms with E-state index in [0.29, 0.717) is 32.1 Å². The third kappa shape index (κ3) is 8.11. The van der Waals surface area contributed by atoms with Crippen molar-refractivity contribution in [3.05, 3.63) is 96.3 Å². The van der Waals surface area contributed by atoms with Crippen LogP contribution in [0.25, 0.3) is 0 Å². The highest BCUT2D eigenvalue weighted by Gasteiger charge is 2.31. The van der Waals surface area contributed by atoms with E-state index in [2.05, 4.69) is 34.5 Å². The van der Waals surface area contributed by atoms with Crippen molar-refractivity contribution in [1.82, 2.24) is 10.2 Å². The molecule has 0 spiro atoms. The van der Waals surface area contributed by atoms with Gasteiger partial charge in [0, 0.05) is 31.6 Å². The second kappa shape index (κ2) is 12.9. The molecule has 6 heteroatoms. The number of likely N-dealkylation sites (tertiary alicyclic amines) is 1. The molecule has 1 amide bonds. The van der Waals surface area contributed by atoms with Crippen LogP contribution in [0.1, 0.15) is 12.0 Å². The number of piperidine rings is 1. The van der Waals surface area contributed by atoms with Crippen LogP contribution in [0, 0.1) is 17.7 Å². The number of ether oxygens (including phenoxy) is 2. The second-order valence-electron chi connectivity index (χ2n) is 9.01. The minimum atomic E-state index is -0.314. The van der Waals surface area contributed by atoms with E-state index in [1.165, 1.54) is 17.7 Å². The van der Waals surface area contributed by atoms with Crippen LogP contribution in [0.3, 0.4) is 0 Å². The number of carbonyl (C=O) groups is 1. The molecule has 0 aliphatic carbocycles. The van der Waals surface area contributed by atoms with Crippen molar-refractivity contribution in [1.29, 1.82) is 0 Å². The summed E-state index contributed by atoms with van der Waals surface area (Å²) < 4.78 is 25.1. The molecular formula is C29H33FN2O3. The van der Waals surface area contributed by atoms with E-state index in [1.807, 2.05) is 36.4 Å². The van der Waals surface area contributed by atoms with Crippen molar-refractivity contribution in [2.45, 2.75) is 12.8 Å². The third-order valence-electron chi connectivity index (χ3n) is 6.24. The number of nitrogens with one attached hydrogen (secondary N) is 1. The summed E-state index contributed by atoms with van der Waals surface area (Å²) in [6.45, 7) is 3.77. The van der Waals surface area contributed by atoms with E-state index in [0.717, 1.165) is 31.7 Å². The van der Waals surface area contributed by atoms with Crippen LogP contribution in [0.4, 0.5) is 4.39 Å². The van der Waals surface area contributed by atoms with Crippen molar-refractivity contribution in [2.75, 3.05) is 39.4 Å². The van der Waals surface area contributed by atoms with Crippen LogP contribution < -0.4 is 14.8 Å². The van der Waals surface area contributed by atoms with Gasteiger partial charge in [0.05, 0.1) is 19.1 Å². The molecule has 4 rings (SSSR count). The fourth-order valence-electron chi connectivity index (χ4n) is 4.50. The first-order valence-electron chi connectivity index (χ1n) is 12.3. The fraction of sp³-hybridized carbons (Fsp3) is 0.345. The van der Waals surface area contributed by atoms with Gasteiger partial charge in [-0.2, -0.15) is 0 Å². The summed E-state index contributed by atoms with van der Waals surface area (Å²) in [5.74, 6) is 1.09. The Morgan fingerprint density at radius 3 is 2.43 bits per heavy atom. The molecule has 2 atom stereocenters. The summed E-state index contributed by atoms with van der Waals surface area (Å²) in [7, 11) is 0. The van der Waals surface area contributed by atoms with Gasteiger partial charge < -0.3 is 19.7 Å². The van der Waals surface area contributed by atoms with Crippen molar-refractivity contribution in [3.8, 4) is 11.5 Å².